The van der Waals surface area contributed by atoms with E-state index in [1.54, 1.807) is 42.5 Å². The molecule has 0 aromatic heterocycles. The van der Waals surface area contributed by atoms with E-state index < -0.39 is 17.7 Å². The first-order valence-electron chi connectivity index (χ1n) is 10.5. The van der Waals surface area contributed by atoms with Gasteiger partial charge in [0, 0.05) is 26.8 Å². The fraction of sp³-hybridized carbons (Fsp3) is 0.200. The van der Waals surface area contributed by atoms with Crippen molar-refractivity contribution in [2.45, 2.75) is 31.5 Å². The molecule has 1 heterocycles. The molecule has 0 saturated heterocycles. The highest BCUT2D eigenvalue weighted by Gasteiger charge is 2.52. The van der Waals surface area contributed by atoms with Crippen LogP contribution in [0.4, 0.5) is 16.2 Å². The van der Waals surface area contributed by atoms with Gasteiger partial charge in [-0.05, 0) is 67.8 Å². The minimum absolute atomic E-state index is 0.241. The SMILES string of the molecule is CC(CCc1ccccc1)NC(=O)C1(O)c2cc(Br)ccc2NC(=O)N1c1ccc(Cl)cc1. The maximum absolute atomic E-state index is 13.6. The number of aliphatic hydroxyl groups is 1. The van der Waals surface area contributed by atoms with Crippen molar-refractivity contribution in [2.24, 2.45) is 0 Å². The fourth-order valence-electron chi connectivity index (χ4n) is 3.89. The molecular formula is C25H23BrClN3O3. The van der Waals surface area contributed by atoms with Gasteiger partial charge in [0.15, 0.2) is 0 Å². The molecule has 170 valence electrons. The first-order chi connectivity index (χ1) is 15.8. The molecule has 0 saturated carbocycles. The van der Waals surface area contributed by atoms with Crippen LogP contribution in [-0.4, -0.2) is 23.1 Å². The first-order valence-corrected chi connectivity index (χ1v) is 11.7. The number of nitrogens with zero attached hydrogens (tertiary/aromatic N) is 1. The summed E-state index contributed by atoms with van der Waals surface area (Å²) in [5.41, 5.74) is -0.151. The lowest BCUT2D eigenvalue weighted by molar-refractivity contribution is -0.141. The van der Waals surface area contributed by atoms with Crippen molar-refractivity contribution in [1.82, 2.24) is 5.32 Å². The topological polar surface area (TPSA) is 81.7 Å². The average Bonchev–Trinajstić information content (AvgIpc) is 2.80. The van der Waals surface area contributed by atoms with Crippen molar-refractivity contribution < 1.29 is 14.7 Å². The number of rotatable bonds is 6. The van der Waals surface area contributed by atoms with Crippen LogP contribution in [0.1, 0.15) is 24.5 Å². The van der Waals surface area contributed by atoms with Gasteiger partial charge in [-0.1, -0.05) is 57.9 Å². The number of carbonyl (C=O) groups is 2. The van der Waals surface area contributed by atoms with Gasteiger partial charge >= 0.3 is 6.03 Å². The Morgan fingerprint density at radius 3 is 2.55 bits per heavy atom. The molecular weight excluding hydrogens is 506 g/mol. The second kappa shape index (κ2) is 9.55. The van der Waals surface area contributed by atoms with E-state index >= 15 is 0 Å². The normalized spacial score (nSPS) is 18.3. The monoisotopic (exact) mass is 527 g/mol. The Balaban J connectivity index is 1.67. The van der Waals surface area contributed by atoms with Gasteiger partial charge in [0.1, 0.15) is 0 Å². The van der Waals surface area contributed by atoms with Crippen molar-refractivity contribution in [3.05, 3.63) is 93.4 Å². The molecule has 2 unspecified atom stereocenters. The van der Waals surface area contributed by atoms with Crippen LogP contribution >= 0.6 is 27.5 Å². The number of fused-ring (bicyclic) bond motifs is 1. The molecule has 4 rings (SSSR count). The Labute approximate surface area is 205 Å². The van der Waals surface area contributed by atoms with Gasteiger partial charge in [-0.3, -0.25) is 9.69 Å². The van der Waals surface area contributed by atoms with E-state index in [4.69, 9.17) is 11.6 Å². The Morgan fingerprint density at radius 2 is 1.85 bits per heavy atom. The highest BCUT2D eigenvalue weighted by Crippen LogP contribution is 2.41. The van der Waals surface area contributed by atoms with Crippen LogP contribution in [0.5, 0.6) is 0 Å². The number of hydrogen-bond donors (Lipinski definition) is 3. The lowest BCUT2D eigenvalue weighted by Gasteiger charge is -2.43. The number of nitrogens with one attached hydrogen (secondary N) is 2. The molecule has 3 aromatic rings. The number of carbonyl (C=O) groups excluding carboxylic acids is 2. The number of benzene rings is 3. The summed E-state index contributed by atoms with van der Waals surface area (Å²) in [6.45, 7) is 1.88. The van der Waals surface area contributed by atoms with E-state index in [0.717, 1.165) is 16.9 Å². The second-order valence-electron chi connectivity index (χ2n) is 8.00. The fourth-order valence-corrected chi connectivity index (χ4v) is 4.38. The summed E-state index contributed by atoms with van der Waals surface area (Å²) >= 11 is 9.41. The number of urea groups is 1. The highest BCUT2D eigenvalue weighted by atomic mass is 79.9. The molecule has 3 N–H and O–H groups in total. The zero-order chi connectivity index (χ0) is 23.6. The third kappa shape index (κ3) is 4.76. The standard InChI is InChI=1S/C25H23BrClN3O3/c1-16(7-8-17-5-3-2-4-6-17)28-23(31)25(33)21-15-18(26)9-14-22(21)29-24(32)30(25)20-12-10-19(27)11-13-20/h2-6,9-16,33H,7-8H2,1H3,(H,28,31)(H,29,32). The van der Waals surface area contributed by atoms with Gasteiger partial charge in [0.25, 0.3) is 11.6 Å². The van der Waals surface area contributed by atoms with E-state index in [0.29, 0.717) is 27.3 Å². The lowest BCUT2D eigenvalue weighted by atomic mass is 9.94. The van der Waals surface area contributed by atoms with Crippen molar-refractivity contribution in [3.63, 3.8) is 0 Å². The molecule has 0 fully saturated rings. The molecule has 33 heavy (non-hydrogen) atoms. The van der Waals surface area contributed by atoms with Crippen LogP contribution in [0.2, 0.25) is 5.02 Å². The van der Waals surface area contributed by atoms with Crippen molar-refractivity contribution in [2.75, 3.05) is 10.2 Å². The second-order valence-corrected chi connectivity index (χ2v) is 9.35. The van der Waals surface area contributed by atoms with E-state index in [1.807, 2.05) is 37.3 Å². The first kappa shape index (κ1) is 23.3. The predicted molar refractivity (Wildman–Crippen MR) is 133 cm³/mol. The minimum Gasteiger partial charge on any atom is -0.359 e. The summed E-state index contributed by atoms with van der Waals surface area (Å²) in [7, 11) is 0. The smallest absolute Gasteiger partial charge is 0.329 e. The Kier molecular flexibility index (Phi) is 6.74. The van der Waals surface area contributed by atoms with E-state index in [2.05, 4.69) is 26.6 Å². The number of anilines is 2. The summed E-state index contributed by atoms with van der Waals surface area (Å²) in [5, 5.41) is 18.0. The quantitative estimate of drug-likeness (QED) is 0.399. The predicted octanol–water partition coefficient (Wildman–Crippen LogP) is 5.44. The molecule has 3 amide bonds. The van der Waals surface area contributed by atoms with Crippen LogP contribution in [-0.2, 0) is 16.9 Å². The molecule has 0 spiro atoms. The third-order valence-corrected chi connectivity index (χ3v) is 6.36. The lowest BCUT2D eigenvalue weighted by Crippen LogP contribution is -2.63. The molecule has 3 aromatic carbocycles. The van der Waals surface area contributed by atoms with Crippen LogP contribution in [0.25, 0.3) is 0 Å². The zero-order valence-electron chi connectivity index (χ0n) is 17.9. The maximum atomic E-state index is 13.6. The molecule has 0 aliphatic carbocycles. The van der Waals surface area contributed by atoms with Crippen molar-refractivity contribution in [1.29, 1.82) is 0 Å². The van der Waals surface area contributed by atoms with Crippen molar-refractivity contribution in [3.8, 4) is 0 Å². The van der Waals surface area contributed by atoms with Crippen LogP contribution in [0.15, 0.2) is 77.3 Å². The Hall–Kier alpha value is -2.87. The highest BCUT2D eigenvalue weighted by molar-refractivity contribution is 9.10. The molecule has 0 radical (unpaired) electrons. The van der Waals surface area contributed by atoms with Gasteiger partial charge in [-0.15, -0.1) is 0 Å². The van der Waals surface area contributed by atoms with Gasteiger partial charge < -0.3 is 15.7 Å². The number of aryl methyl sites for hydroxylation is 1. The molecule has 2 atom stereocenters. The third-order valence-electron chi connectivity index (χ3n) is 5.61. The Bertz CT molecular complexity index is 1170. The van der Waals surface area contributed by atoms with E-state index in [-0.39, 0.29) is 11.6 Å². The summed E-state index contributed by atoms with van der Waals surface area (Å²) in [6, 6.07) is 20.5. The molecule has 1 aliphatic heterocycles. The summed E-state index contributed by atoms with van der Waals surface area (Å²) in [6.07, 6.45) is 1.44. The van der Waals surface area contributed by atoms with E-state index in [1.165, 1.54) is 0 Å². The van der Waals surface area contributed by atoms with Crippen molar-refractivity contribution >= 4 is 50.8 Å². The summed E-state index contributed by atoms with van der Waals surface area (Å²) in [5.74, 6) is -0.688. The largest absolute Gasteiger partial charge is 0.359 e. The van der Waals surface area contributed by atoms with Gasteiger partial charge in [0.05, 0.1) is 5.69 Å². The molecule has 1 aliphatic rings. The van der Waals surface area contributed by atoms with Crippen LogP contribution in [0.3, 0.4) is 0 Å². The zero-order valence-corrected chi connectivity index (χ0v) is 20.2. The number of halogens is 2. The van der Waals surface area contributed by atoms with E-state index in [9.17, 15) is 14.7 Å². The van der Waals surface area contributed by atoms with Gasteiger partial charge in [0.2, 0.25) is 0 Å². The summed E-state index contributed by atoms with van der Waals surface area (Å²) in [4.78, 5) is 27.7. The molecule has 8 heteroatoms. The molecule has 6 nitrogen and oxygen atoms in total. The van der Waals surface area contributed by atoms with Crippen LogP contribution < -0.4 is 15.5 Å². The maximum Gasteiger partial charge on any atom is 0.329 e. The van der Waals surface area contributed by atoms with Crippen LogP contribution in [0, 0.1) is 0 Å². The van der Waals surface area contributed by atoms with Gasteiger partial charge in [-0.2, -0.15) is 0 Å². The average molecular weight is 529 g/mol. The molecule has 0 bridgehead atoms. The number of amides is 3. The van der Waals surface area contributed by atoms with Gasteiger partial charge in [-0.25, -0.2) is 4.79 Å². The minimum atomic E-state index is -2.27. The number of hydrogen-bond acceptors (Lipinski definition) is 3. The Morgan fingerprint density at radius 1 is 1.15 bits per heavy atom. The summed E-state index contributed by atoms with van der Waals surface area (Å²) < 4.78 is 0.664.